The van der Waals surface area contributed by atoms with Crippen LogP contribution in [0.2, 0.25) is 0 Å². The van der Waals surface area contributed by atoms with E-state index in [2.05, 4.69) is 5.32 Å². The first kappa shape index (κ1) is 10.9. The van der Waals surface area contributed by atoms with E-state index in [4.69, 9.17) is 0 Å². The van der Waals surface area contributed by atoms with Gasteiger partial charge in [-0.3, -0.25) is 4.79 Å². The van der Waals surface area contributed by atoms with Crippen molar-refractivity contribution in [2.75, 3.05) is 20.1 Å². The minimum absolute atomic E-state index is 0.367. The minimum atomic E-state index is 0.367. The zero-order valence-corrected chi connectivity index (χ0v) is 9.67. The van der Waals surface area contributed by atoms with Gasteiger partial charge in [0.1, 0.15) is 0 Å². The summed E-state index contributed by atoms with van der Waals surface area (Å²) < 4.78 is 0. The number of carbonyl (C=O) groups excluding carboxylic acids is 1. The molecule has 1 aliphatic heterocycles. The number of piperidine rings is 1. The van der Waals surface area contributed by atoms with E-state index in [1.54, 1.807) is 0 Å². The number of hydrogen-bond acceptors (Lipinski definition) is 2. The van der Waals surface area contributed by atoms with Crippen molar-refractivity contribution in [2.24, 2.45) is 5.92 Å². The molecule has 86 valence electrons. The Morgan fingerprint density at radius 2 is 1.93 bits per heavy atom. The molecule has 1 saturated heterocycles. The maximum Gasteiger partial charge on any atom is 0.222 e. The molecule has 15 heavy (non-hydrogen) atoms. The van der Waals surface area contributed by atoms with Gasteiger partial charge < -0.3 is 10.2 Å². The summed E-state index contributed by atoms with van der Waals surface area (Å²) in [5, 5.41) is 3.34. The summed E-state index contributed by atoms with van der Waals surface area (Å²) in [7, 11) is 1.98. The van der Waals surface area contributed by atoms with Gasteiger partial charge >= 0.3 is 0 Å². The average molecular weight is 210 g/mol. The summed E-state index contributed by atoms with van der Waals surface area (Å²) in [5.74, 6) is 0.993. The molecular formula is C12H22N2O. The number of nitrogens with zero attached hydrogens (tertiary/aromatic N) is 1. The van der Waals surface area contributed by atoms with Crippen LogP contribution in [0.15, 0.2) is 0 Å². The van der Waals surface area contributed by atoms with Crippen LogP contribution in [0, 0.1) is 5.92 Å². The molecule has 0 bridgehead atoms. The highest BCUT2D eigenvalue weighted by atomic mass is 16.2. The lowest BCUT2D eigenvalue weighted by Crippen LogP contribution is -2.42. The average Bonchev–Trinajstić information content (AvgIpc) is 2.16. The van der Waals surface area contributed by atoms with Crippen LogP contribution in [-0.2, 0) is 4.79 Å². The zero-order chi connectivity index (χ0) is 10.7. The first-order valence-electron chi connectivity index (χ1n) is 6.24. The minimum Gasteiger partial charge on any atom is -0.343 e. The summed E-state index contributed by atoms with van der Waals surface area (Å²) in [6, 6.07) is 0.555. The van der Waals surface area contributed by atoms with Gasteiger partial charge in [-0.1, -0.05) is 0 Å². The van der Waals surface area contributed by atoms with Gasteiger partial charge in [0.25, 0.3) is 0 Å². The predicted octanol–water partition coefficient (Wildman–Crippen LogP) is 1.39. The highest BCUT2D eigenvalue weighted by molar-refractivity contribution is 5.76. The first-order chi connectivity index (χ1) is 7.27. The molecule has 1 saturated carbocycles. The van der Waals surface area contributed by atoms with E-state index in [0.717, 1.165) is 19.5 Å². The molecule has 1 N–H and O–H groups in total. The van der Waals surface area contributed by atoms with E-state index in [9.17, 15) is 4.79 Å². The zero-order valence-electron chi connectivity index (χ0n) is 9.67. The molecular weight excluding hydrogens is 188 g/mol. The summed E-state index contributed by atoms with van der Waals surface area (Å²) in [5.41, 5.74) is 0. The molecule has 0 radical (unpaired) electrons. The number of nitrogens with one attached hydrogen (secondary N) is 1. The first-order valence-corrected chi connectivity index (χ1v) is 6.24. The molecule has 1 heterocycles. The van der Waals surface area contributed by atoms with Crippen LogP contribution in [0.1, 0.15) is 38.5 Å². The fraction of sp³-hybridized carbons (Fsp3) is 0.917. The van der Waals surface area contributed by atoms with Gasteiger partial charge in [-0.05, 0) is 51.1 Å². The van der Waals surface area contributed by atoms with E-state index >= 15 is 0 Å². The second kappa shape index (κ2) is 4.97. The van der Waals surface area contributed by atoms with Crippen molar-refractivity contribution in [2.45, 2.75) is 44.6 Å². The largest absolute Gasteiger partial charge is 0.343 e. The fourth-order valence-corrected chi connectivity index (χ4v) is 2.45. The lowest BCUT2D eigenvalue weighted by molar-refractivity contribution is -0.134. The Morgan fingerprint density at radius 3 is 2.47 bits per heavy atom. The third-order valence-electron chi connectivity index (χ3n) is 3.94. The Labute approximate surface area is 92.2 Å². The summed E-state index contributed by atoms with van der Waals surface area (Å²) in [6.45, 7) is 2.18. The SMILES string of the molecule is CN(C(=O)CC1CCNCC1)C1CCC1. The lowest BCUT2D eigenvalue weighted by atomic mass is 9.90. The van der Waals surface area contributed by atoms with Gasteiger partial charge in [-0.15, -0.1) is 0 Å². The van der Waals surface area contributed by atoms with Crippen LogP contribution in [0.25, 0.3) is 0 Å². The molecule has 3 nitrogen and oxygen atoms in total. The smallest absolute Gasteiger partial charge is 0.222 e. The van der Waals surface area contributed by atoms with Gasteiger partial charge in [0.15, 0.2) is 0 Å². The molecule has 0 unspecified atom stereocenters. The van der Waals surface area contributed by atoms with E-state index in [-0.39, 0.29) is 0 Å². The topological polar surface area (TPSA) is 32.3 Å². The molecule has 1 amide bonds. The molecule has 1 aliphatic carbocycles. The molecule has 2 aliphatic rings. The van der Waals surface area contributed by atoms with Gasteiger partial charge in [0, 0.05) is 19.5 Å². The normalized spacial score (nSPS) is 23.5. The number of amides is 1. The van der Waals surface area contributed by atoms with Crippen molar-refractivity contribution in [3.63, 3.8) is 0 Å². The van der Waals surface area contributed by atoms with Crippen molar-refractivity contribution in [1.29, 1.82) is 0 Å². The number of carbonyl (C=O) groups is 1. The van der Waals surface area contributed by atoms with Crippen molar-refractivity contribution in [3.8, 4) is 0 Å². The van der Waals surface area contributed by atoms with Crippen molar-refractivity contribution in [3.05, 3.63) is 0 Å². The highest BCUT2D eigenvalue weighted by Crippen LogP contribution is 2.25. The van der Waals surface area contributed by atoms with Gasteiger partial charge in [-0.2, -0.15) is 0 Å². The fourth-order valence-electron chi connectivity index (χ4n) is 2.45. The third kappa shape index (κ3) is 2.71. The molecule has 0 aromatic rings. The summed E-state index contributed by atoms with van der Waals surface area (Å²) in [4.78, 5) is 13.9. The second-order valence-electron chi connectivity index (χ2n) is 4.99. The maximum atomic E-state index is 12.0. The van der Waals surface area contributed by atoms with Gasteiger partial charge in [0.2, 0.25) is 5.91 Å². The van der Waals surface area contributed by atoms with Crippen LogP contribution < -0.4 is 5.32 Å². The van der Waals surface area contributed by atoms with Crippen molar-refractivity contribution < 1.29 is 4.79 Å². The Hall–Kier alpha value is -0.570. The van der Waals surface area contributed by atoms with Crippen molar-refractivity contribution in [1.82, 2.24) is 10.2 Å². The van der Waals surface area contributed by atoms with E-state index in [1.807, 2.05) is 11.9 Å². The highest BCUT2D eigenvalue weighted by Gasteiger charge is 2.27. The quantitative estimate of drug-likeness (QED) is 0.763. The molecule has 2 fully saturated rings. The standard InChI is InChI=1S/C12H22N2O/c1-14(11-3-2-4-11)12(15)9-10-5-7-13-8-6-10/h10-11,13H,2-9H2,1H3. The van der Waals surface area contributed by atoms with Gasteiger partial charge in [0.05, 0.1) is 0 Å². The van der Waals surface area contributed by atoms with Crippen LogP contribution in [0.4, 0.5) is 0 Å². The summed E-state index contributed by atoms with van der Waals surface area (Å²) >= 11 is 0. The molecule has 0 aromatic carbocycles. The summed E-state index contributed by atoms with van der Waals surface area (Å²) in [6.07, 6.45) is 6.85. The van der Waals surface area contributed by atoms with E-state index in [1.165, 1.54) is 32.1 Å². The maximum absolute atomic E-state index is 12.0. The van der Waals surface area contributed by atoms with Crippen molar-refractivity contribution >= 4 is 5.91 Å². The Kier molecular flexibility index (Phi) is 3.62. The molecule has 0 atom stereocenters. The number of rotatable bonds is 3. The Balaban J connectivity index is 1.74. The number of hydrogen-bond donors (Lipinski definition) is 1. The monoisotopic (exact) mass is 210 g/mol. The van der Waals surface area contributed by atoms with Crippen LogP contribution in [0.5, 0.6) is 0 Å². The van der Waals surface area contributed by atoms with E-state index < -0.39 is 0 Å². The lowest BCUT2D eigenvalue weighted by Gasteiger charge is -2.36. The molecule has 0 aromatic heterocycles. The molecule has 0 spiro atoms. The van der Waals surface area contributed by atoms with Crippen LogP contribution in [0.3, 0.4) is 0 Å². The Morgan fingerprint density at radius 1 is 1.27 bits per heavy atom. The third-order valence-corrected chi connectivity index (χ3v) is 3.94. The second-order valence-corrected chi connectivity index (χ2v) is 4.99. The molecule has 3 heteroatoms. The Bertz CT molecular complexity index is 220. The van der Waals surface area contributed by atoms with E-state index in [0.29, 0.717) is 17.9 Å². The van der Waals surface area contributed by atoms with Crippen LogP contribution in [-0.4, -0.2) is 37.0 Å². The molecule has 2 rings (SSSR count). The van der Waals surface area contributed by atoms with Gasteiger partial charge in [-0.25, -0.2) is 0 Å². The predicted molar refractivity (Wildman–Crippen MR) is 60.6 cm³/mol. The van der Waals surface area contributed by atoms with Crippen LogP contribution >= 0.6 is 0 Å².